The van der Waals surface area contributed by atoms with E-state index < -0.39 is 0 Å². The topological polar surface area (TPSA) is 41.3 Å². The molecule has 1 aliphatic heterocycles. The van der Waals surface area contributed by atoms with E-state index in [1.807, 2.05) is 13.8 Å². The minimum Gasteiger partial charge on any atom is -0.361 e. The number of aryl methyl sites for hydroxylation is 2. The maximum absolute atomic E-state index is 5.26. The molecule has 4 nitrogen and oxygen atoms in total. The summed E-state index contributed by atoms with van der Waals surface area (Å²) in [5.41, 5.74) is 2.25. The molecule has 1 aromatic rings. The highest BCUT2D eigenvalue weighted by molar-refractivity contribution is 5.24. The molecular formula is C15H27N3O. The molecule has 0 saturated carbocycles. The van der Waals surface area contributed by atoms with Crippen molar-refractivity contribution in [2.24, 2.45) is 0 Å². The summed E-state index contributed by atoms with van der Waals surface area (Å²) in [5.74, 6) is 0.945. The van der Waals surface area contributed by atoms with Crippen molar-refractivity contribution in [3.05, 3.63) is 17.0 Å². The predicted molar refractivity (Wildman–Crippen MR) is 77.3 cm³/mol. The minimum atomic E-state index is 0.328. The molecule has 0 aliphatic carbocycles. The van der Waals surface area contributed by atoms with Gasteiger partial charge in [-0.2, -0.15) is 0 Å². The van der Waals surface area contributed by atoms with E-state index in [1.165, 1.54) is 44.5 Å². The first-order chi connectivity index (χ1) is 9.11. The van der Waals surface area contributed by atoms with E-state index in [-0.39, 0.29) is 0 Å². The van der Waals surface area contributed by atoms with Crippen molar-refractivity contribution in [2.45, 2.75) is 59.0 Å². The number of hydrogen-bond donors (Lipinski definition) is 1. The van der Waals surface area contributed by atoms with Crippen molar-refractivity contribution in [1.29, 1.82) is 0 Å². The monoisotopic (exact) mass is 265 g/mol. The van der Waals surface area contributed by atoms with Gasteiger partial charge in [0.2, 0.25) is 0 Å². The second kappa shape index (κ2) is 6.53. The van der Waals surface area contributed by atoms with Crippen molar-refractivity contribution in [3.63, 3.8) is 0 Å². The molecule has 1 fully saturated rings. The van der Waals surface area contributed by atoms with Crippen LogP contribution in [0.15, 0.2) is 4.52 Å². The van der Waals surface area contributed by atoms with Crippen LogP contribution in [0.25, 0.3) is 0 Å². The third kappa shape index (κ3) is 3.57. The molecule has 0 aromatic carbocycles. The molecule has 1 aliphatic rings. The molecule has 0 spiro atoms. The lowest BCUT2D eigenvalue weighted by atomic mass is 10.0. The van der Waals surface area contributed by atoms with E-state index in [2.05, 4.69) is 29.2 Å². The Labute approximate surface area is 116 Å². The van der Waals surface area contributed by atoms with Gasteiger partial charge in [0, 0.05) is 17.6 Å². The van der Waals surface area contributed by atoms with Gasteiger partial charge >= 0.3 is 0 Å². The van der Waals surface area contributed by atoms with E-state index in [9.17, 15) is 0 Å². The molecular weight excluding hydrogens is 238 g/mol. The van der Waals surface area contributed by atoms with Gasteiger partial charge in [0.05, 0.1) is 5.69 Å². The van der Waals surface area contributed by atoms with Crippen molar-refractivity contribution < 1.29 is 4.52 Å². The minimum absolute atomic E-state index is 0.328. The normalized spacial score (nSPS) is 19.8. The van der Waals surface area contributed by atoms with E-state index in [4.69, 9.17) is 4.52 Å². The smallest absolute Gasteiger partial charge is 0.138 e. The summed E-state index contributed by atoms with van der Waals surface area (Å²) >= 11 is 0. The molecule has 108 valence electrons. The summed E-state index contributed by atoms with van der Waals surface area (Å²) in [6.07, 6.45) is 3.75. The Morgan fingerprint density at radius 2 is 2.05 bits per heavy atom. The summed E-state index contributed by atoms with van der Waals surface area (Å²) in [6.45, 7) is 12.2. The number of nitrogens with one attached hydrogen (secondary N) is 1. The third-order valence-electron chi connectivity index (χ3n) is 4.13. The zero-order chi connectivity index (χ0) is 13.8. The van der Waals surface area contributed by atoms with E-state index in [0.717, 1.165) is 11.5 Å². The molecule has 2 rings (SSSR count). The summed E-state index contributed by atoms with van der Waals surface area (Å²) in [7, 11) is 0. The van der Waals surface area contributed by atoms with Crippen LogP contribution in [0, 0.1) is 13.8 Å². The first-order valence-corrected chi connectivity index (χ1v) is 7.53. The van der Waals surface area contributed by atoms with E-state index in [0.29, 0.717) is 12.1 Å². The van der Waals surface area contributed by atoms with Crippen LogP contribution in [0.2, 0.25) is 0 Å². The van der Waals surface area contributed by atoms with Gasteiger partial charge in [-0.1, -0.05) is 12.1 Å². The van der Waals surface area contributed by atoms with Gasteiger partial charge in [-0.3, -0.25) is 0 Å². The molecule has 0 bridgehead atoms. The van der Waals surface area contributed by atoms with Gasteiger partial charge in [0.1, 0.15) is 5.76 Å². The lowest BCUT2D eigenvalue weighted by molar-refractivity contribution is 0.192. The number of piperidine rings is 1. The number of hydrogen-bond acceptors (Lipinski definition) is 4. The summed E-state index contributed by atoms with van der Waals surface area (Å²) < 4.78 is 5.26. The molecule has 1 aromatic heterocycles. The molecule has 1 unspecified atom stereocenters. The third-order valence-corrected chi connectivity index (χ3v) is 4.13. The molecule has 1 N–H and O–H groups in total. The molecule has 2 heterocycles. The Balaban J connectivity index is 1.86. The first-order valence-electron chi connectivity index (χ1n) is 7.53. The van der Waals surface area contributed by atoms with Crippen LogP contribution >= 0.6 is 0 Å². The lowest BCUT2D eigenvalue weighted by Crippen LogP contribution is -2.43. The Kier molecular flexibility index (Phi) is 4.99. The Morgan fingerprint density at radius 1 is 1.37 bits per heavy atom. The fourth-order valence-electron chi connectivity index (χ4n) is 3.18. The van der Waals surface area contributed by atoms with E-state index >= 15 is 0 Å². The highest BCUT2D eigenvalue weighted by Crippen LogP contribution is 2.23. The SMILES string of the molecule is CCCN1CCC(NC(C)c2c(C)noc2C)CC1. The predicted octanol–water partition coefficient (Wildman–Crippen LogP) is 2.82. The molecule has 1 atom stereocenters. The Bertz CT molecular complexity index is 375. The van der Waals surface area contributed by atoms with Crippen molar-refractivity contribution in [3.8, 4) is 0 Å². The second-order valence-electron chi connectivity index (χ2n) is 5.74. The number of aromatic nitrogens is 1. The van der Waals surface area contributed by atoms with Gasteiger partial charge in [-0.05, 0) is 59.7 Å². The van der Waals surface area contributed by atoms with Crippen LogP contribution in [-0.2, 0) is 0 Å². The second-order valence-corrected chi connectivity index (χ2v) is 5.74. The fourth-order valence-corrected chi connectivity index (χ4v) is 3.18. The fraction of sp³-hybridized carbons (Fsp3) is 0.800. The van der Waals surface area contributed by atoms with Crippen LogP contribution in [0.1, 0.15) is 56.2 Å². The van der Waals surface area contributed by atoms with E-state index in [1.54, 1.807) is 0 Å². The van der Waals surface area contributed by atoms with Crippen LogP contribution in [0.5, 0.6) is 0 Å². The van der Waals surface area contributed by atoms with Gasteiger partial charge in [0.15, 0.2) is 0 Å². The number of rotatable bonds is 5. The highest BCUT2D eigenvalue weighted by atomic mass is 16.5. The highest BCUT2D eigenvalue weighted by Gasteiger charge is 2.23. The standard InChI is InChI=1S/C15H27N3O/c1-5-8-18-9-6-14(7-10-18)16-11(2)15-12(3)17-19-13(15)4/h11,14,16H,5-10H2,1-4H3. The Hall–Kier alpha value is -0.870. The van der Waals surface area contributed by atoms with Crippen LogP contribution in [-0.4, -0.2) is 35.7 Å². The quantitative estimate of drug-likeness (QED) is 0.889. The lowest BCUT2D eigenvalue weighted by Gasteiger charge is -2.33. The Morgan fingerprint density at radius 3 is 2.58 bits per heavy atom. The molecule has 19 heavy (non-hydrogen) atoms. The number of likely N-dealkylation sites (tertiary alicyclic amines) is 1. The van der Waals surface area contributed by atoms with Crippen molar-refractivity contribution in [1.82, 2.24) is 15.4 Å². The van der Waals surface area contributed by atoms with Gasteiger partial charge in [-0.15, -0.1) is 0 Å². The molecule has 4 heteroatoms. The average Bonchev–Trinajstić information content (AvgIpc) is 2.72. The van der Waals surface area contributed by atoms with Gasteiger partial charge < -0.3 is 14.7 Å². The zero-order valence-corrected chi connectivity index (χ0v) is 12.7. The van der Waals surface area contributed by atoms with Crippen LogP contribution in [0.3, 0.4) is 0 Å². The van der Waals surface area contributed by atoms with Crippen LogP contribution in [0.4, 0.5) is 0 Å². The molecule has 0 radical (unpaired) electrons. The summed E-state index contributed by atoms with van der Waals surface area (Å²) in [4.78, 5) is 2.57. The first kappa shape index (κ1) is 14.5. The molecule has 0 amide bonds. The van der Waals surface area contributed by atoms with Crippen molar-refractivity contribution in [2.75, 3.05) is 19.6 Å². The molecule has 1 saturated heterocycles. The van der Waals surface area contributed by atoms with Crippen LogP contribution < -0.4 is 5.32 Å². The van der Waals surface area contributed by atoms with Gasteiger partial charge in [-0.25, -0.2) is 0 Å². The summed E-state index contributed by atoms with van der Waals surface area (Å²) in [5, 5.41) is 7.78. The van der Waals surface area contributed by atoms with Gasteiger partial charge in [0.25, 0.3) is 0 Å². The zero-order valence-electron chi connectivity index (χ0n) is 12.7. The van der Waals surface area contributed by atoms with Crippen molar-refractivity contribution >= 4 is 0 Å². The maximum atomic E-state index is 5.26. The maximum Gasteiger partial charge on any atom is 0.138 e. The average molecular weight is 265 g/mol. The number of nitrogens with zero attached hydrogens (tertiary/aromatic N) is 2. The summed E-state index contributed by atoms with van der Waals surface area (Å²) in [6, 6.07) is 0.950. The largest absolute Gasteiger partial charge is 0.361 e.